The van der Waals surface area contributed by atoms with Gasteiger partial charge in [0.25, 0.3) is 0 Å². The lowest BCUT2D eigenvalue weighted by Gasteiger charge is -2.27. The van der Waals surface area contributed by atoms with E-state index in [9.17, 15) is 9.59 Å². The Morgan fingerprint density at radius 1 is 1.35 bits per heavy atom. The van der Waals surface area contributed by atoms with Crippen LogP contribution in [-0.4, -0.2) is 42.6 Å². The number of carbonyl (C=O) groups is 2. The van der Waals surface area contributed by atoms with E-state index in [4.69, 9.17) is 4.74 Å². The van der Waals surface area contributed by atoms with Crippen LogP contribution in [0.2, 0.25) is 0 Å². The average Bonchev–Trinajstić information content (AvgIpc) is 2.77. The van der Waals surface area contributed by atoms with Crippen LogP contribution in [0, 0.1) is 0 Å². The largest absolute Gasteiger partial charge is 0.450 e. The standard InChI is InChI=1S/C12H22N2O3/c1-3-17-12(16)13-8-9-14(10(2)15)11-6-4-5-7-11/h11H,3-9H2,1-2H3,(H,13,16). The van der Waals surface area contributed by atoms with Gasteiger partial charge in [-0.2, -0.15) is 0 Å². The second kappa shape index (κ2) is 7.14. The molecule has 1 saturated carbocycles. The molecule has 1 aliphatic rings. The summed E-state index contributed by atoms with van der Waals surface area (Å²) in [7, 11) is 0. The molecule has 0 saturated heterocycles. The lowest BCUT2D eigenvalue weighted by Crippen LogP contribution is -2.42. The van der Waals surface area contributed by atoms with Gasteiger partial charge in [0.1, 0.15) is 0 Å². The van der Waals surface area contributed by atoms with E-state index in [1.165, 1.54) is 12.8 Å². The molecule has 0 spiro atoms. The van der Waals surface area contributed by atoms with Gasteiger partial charge in [0.2, 0.25) is 5.91 Å². The maximum absolute atomic E-state index is 11.5. The fraction of sp³-hybridized carbons (Fsp3) is 0.833. The third-order valence-corrected chi connectivity index (χ3v) is 3.07. The molecule has 17 heavy (non-hydrogen) atoms. The van der Waals surface area contributed by atoms with Crippen molar-refractivity contribution in [3.8, 4) is 0 Å². The maximum Gasteiger partial charge on any atom is 0.407 e. The van der Waals surface area contributed by atoms with Gasteiger partial charge in [0.15, 0.2) is 0 Å². The first-order valence-electron chi connectivity index (χ1n) is 6.33. The van der Waals surface area contributed by atoms with E-state index in [1.54, 1.807) is 13.8 Å². The number of nitrogens with zero attached hydrogens (tertiary/aromatic N) is 1. The first-order chi connectivity index (χ1) is 8.15. The van der Waals surface area contributed by atoms with Crippen molar-refractivity contribution in [2.24, 2.45) is 0 Å². The van der Waals surface area contributed by atoms with Crippen LogP contribution in [-0.2, 0) is 9.53 Å². The van der Waals surface area contributed by atoms with Crippen LogP contribution in [0.15, 0.2) is 0 Å². The molecule has 0 unspecified atom stereocenters. The molecule has 1 N–H and O–H groups in total. The van der Waals surface area contributed by atoms with Gasteiger partial charge < -0.3 is 15.0 Å². The van der Waals surface area contributed by atoms with Gasteiger partial charge in [-0.15, -0.1) is 0 Å². The zero-order valence-corrected chi connectivity index (χ0v) is 10.7. The van der Waals surface area contributed by atoms with Crippen LogP contribution in [0.25, 0.3) is 0 Å². The van der Waals surface area contributed by atoms with Crippen molar-refractivity contribution in [3.05, 3.63) is 0 Å². The van der Waals surface area contributed by atoms with Crippen LogP contribution in [0.5, 0.6) is 0 Å². The van der Waals surface area contributed by atoms with Crippen LogP contribution in [0.1, 0.15) is 39.5 Å². The van der Waals surface area contributed by atoms with Crippen molar-refractivity contribution >= 4 is 12.0 Å². The van der Waals surface area contributed by atoms with E-state index in [2.05, 4.69) is 5.32 Å². The van der Waals surface area contributed by atoms with E-state index < -0.39 is 6.09 Å². The number of hydrogen-bond acceptors (Lipinski definition) is 3. The van der Waals surface area contributed by atoms with Crippen LogP contribution in [0.4, 0.5) is 4.79 Å². The molecule has 0 aliphatic heterocycles. The molecule has 0 aromatic rings. The second-order valence-electron chi connectivity index (χ2n) is 4.30. The zero-order valence-electron chi connectivity index (χ0n) is 10.7. The summed E-state index contributed by atoms with van der Waals surface area (Å²) in [6.45, 7) is 4.74. The van der Waals surface area contributed by atoms with Crippen molar-refractivity contribution in [1.29, 1.82) is 0 Å². The first-order valence-corrected chi connectivity index (χ1v) is 6.33. The van der Waals surface area contributed by atoms with Crippen LogP contribution in [0.3, 0.4) is 0 Å². The molecule has 0 radical (unpaired) electrons. The normalized spacial score (nSPS) is 15.6. The molecule has 0 aromatic heterocycles. The molecule has 98 valence electrons. The molecule has 0 bridgehead atoms. The van der Waals surface area contributed by atoms with Gasteiger partial charge in [-0.25, -0.2) is 4.79 Å². The van der Waals surface area contributed by atoms with Crippen molar-refractivity contribution in [2.75, 3.05) is 19.7 Å². The summed E-state index contributed by atoms with van der Waals surface area (Å²) in [6.07, 6.45) is 4.14. The number of carbonyl (C=O) groups excluding carboxylic acids is 2. The van der Waals surface area contributed by atoms with Gasteiger partial charge in [-0.05, 0) is 19.8 Å². The molecule has 0 atom stereocenters. The summed E-state index contributed by atoms with van der Waals surface area (Å²) >= 11 is 0. The number of alkyl carbamates (subject to hydrolysis) is 1. The van der Waals surface area contributed by atoms with Crippen LogP contribution < -0.4 is 5.32 Å². The van der Waals surface area contributed by atoms with E-state index in [0.717, 1.165) is 12.8 Å². The Bertz CT molecular complexity index is 262. The Labute approximate surface area is 102 Å². The fourth-order valence-electron chi connectivity index (χ4n) is 2.27. The lowest BCUT2D eigenvalue weighted by atomic mass is 10.2. The van der Waals surface area contributed by atoms with Gasteiger partial charge in [-0.1, -0.05) is 12.8 Å². The van der Waals surface area contributed by atoms with Crippen molar-refractivity contribution in [3.63, 3.8) is 0 Å². The zero-order chi connectivity index (χ0) is 12.7. The third kappa shape index (κ3) is 4.63. The Balaban J connectivity index is 2.29. The highest BCUT2D eigenvalue weighted by Crippen LogP contribution is 2.23. The molecule has 0 aromatic carbocycles. The quantitative estimate of drug-likeness (QED) is 0.795. The summed E-state index contributed by atoms with van der Waals surface area (Å²) in [5, 5.41) is 2.64. The summed E-state index contributed by atoms with van der Waals surface area (Å²) in [4.78, 5) is 24.5. The monoisotopic (exact) mass is 242 g/mol. The Morgan fingerprint density at radius 3 is 2.53 bits per heavy atom. The summed E-state index contributed by atoms with van der Waals surface area (Å²) in [5.41, 5.74) is 0. The number of ether oxygens (including phenoxy) is 1. The summed E-state index contributed by atoms with van der Waals surface area (Å²) < 4.78 is 4.76. The van der Waals surface area contributed by atoms with Gasteiger partial charge in [-0.3, -0.25) is 4.79 Å². The summed E-state index contributed by atoms with van der Waals surface area (Å²) in [6, 6.07) is 0.358. The van der Waals surface area contributed by atoms with E-state index in [0.29, 0.717) is 25.7 Å². The minimum Gasteiger partial charge on any atom is -0.450 e. The minimum absolute atomic E-state index is 0.0857. The predicted molar refractivity (Wildman–Crippen MR) is 64.7 cm³/mol. The molecule has 5 nitrogen and oxygen atoms in total. The second-order valence-corrected chi connectivity index (χ2v) is 4.30. The molecule has 1 rings (SSSR count). The third-order valence-electron chi connectivity index (χ3n) is 3.07. The topological polar surface area (TPSA) is 58.6 Å². The Morgan fingerprint density at radius 2 is 2.00 bits per heavy atom. The van der Waals surface area contributed by atoms with Gasteiger partial charge in [0, 0.05) is 26.1 Å². The van der Waals surface area contributed by atoms with Crippen molar-refractivity contribution in [1.82, 2.24) is 10.2 Å². The van der Waals surface area contributed by atoms with E-state index in [-0.39, 0.29) is 5.91 Å². The van der Waals surface area contributed by atoms with Crippen molar-refractivity contribution < 1.29 is 14.3 Å². The molecule has 1 aliphatic carbocycles. The lowest BCUT2D eigenvalue weighted by molar-refractivity contribution is -0.131. The SMILES string of the molecule is CCOC(=O)NCCN(C(C)=O)C1CCCC1. The first kappa shape index (κ1) is 13.8. The molecule has 0 heterocycles. The van der Waals surface area contributed by atoms with Gasteiger partial charge in [0.05, 0.1) is 6.61 Å². The highest BCUT2D eigenvalue weighted by Gasteiger charge is 2.24. The highest BCUT2D eigenvalue weighted by molar-refractivity contribution is 5.73. The smallest absolute Gasteiger partial charge is 0.407 e. The maximum atomic E-state index is 11.5. The van der Waals surface area contributed by atoms with Crippen molar-refractivity contribution in [2.45, 2.75) is 45.6 Å². The van der Waals surface area contributed by atoms with E-state index >= 15 is 0 Å². The Kier molecular flexibility index (Phi) is 5.80. The van der Waals surface area contributed by atoms with Crippen LogP contribution >= 0.6 is 0 Å². The average molecular weight is 242 g/mol. The molecule has 2 amide bonds. The van der Waals surface area contributed by atoms with E-state index in [1.807, 2.05) is 4.90 Å². The number of hydrogen-bond donors (Lipinski definition) is 1. The summed E-state index contributed by atoms with van der Waals surface area (Å²) in [5.74, 6) is 0.0857. The molecular formula is C12H22N2O3. The molecular weight excluding hydrogens is 220 g/mol. The molecule has 1 fully saturated rings. The molecule has 5 heteroatoms. The number of nitrogens with one attached hydrogen (secondary N) is 1. The Hall–Kier alpha value is -1.26. The highest BCUT2D eigenvalue weighted by atomic mass is 16.5. The number of amides is 2. The minimum atomic E-state index is -0.414. The van der Waals surface area contributed by atoms with Gasteiger partial charge >= 0.3 is 6.09 Å². The predicted octanol–water partition coefficient (Wildman–Crippen LogP) is 1.52. The number of rotatable bonds is 5. The fourth-order valence-corrected chi connectivity index (χ4v) is 2.27.